The molecule has 0 spiro atoms. The Labute approximate surface area is 834 Å². The Hall–Kier alpha value is -17.3. The maximum atomic E-state index is 7.48. The van der Waals surface area contributed by atoms with Gasteiger partial charge in [-0.05, 0) is 172 Å². The highest BCUT2D eigenvalue weighted by Gasteiger charge is 2.35. The molecule has 4 aromatic heterocycles. The second-order valence-electron chi connectivity index (χ2n) is 37.4. The van der Waals surface area contributed by atoms with Crippen LogP contribution in [0, 0.1) is 0 Å². The molecule has 0 saturated heterocycles. The van der Waals surface area contributed by atoms with Crippen LogP contribution in [0.25, 0.3) is 219 Å². The maximum absolute atomic E-state index is 7.48. The summed E-state index contributed by atoms with van der Waals surface area (Å²) in [5.74, 6) is 2.23. The molecule has 0 aliphatic heterocycles. The van der Waals surface area contributed by atoms with Crippen LogP contribution in [0.2, 0.25) is 0 Å². The molecule has 4 heterocycles. The van der Waals surface area contributed by atoms with Crippen LogP contribution in [0.3, 0.4) is 0 Å². The average Bonchev–Trinajstić information content (AvgIpc) is 1.51. The lowest BCUT2D eigenvalue weighted by molar-refractivity contribution is 0.633. The summed E-state index contributed by atoms with van der Waals surface area (Å²) >= 11 is 3.96. The van der Waals surface area contributed by atoms with Gasteiger partial charge in [0.1, 0.15) is 22.7 Å². The number of benzene rings is 22. The SMILES string of the molecule is CC(C)c1sc2c(cc(N(c3ccccc3)c3cccc4ccccc34)c3c4sc(C(C)C)c(-c5ccccc5)c4cc(N(c4ccccc4)c4cccc5ccccc45)c23)c1-c1ccccc1.c1ccc(-c2ccc(-c3ccc(-c4cc5c(-c6ccccc6)c(-c6ccccc6)oc5c5c(-c6ccc(-c7cccc8ccccc78)cc6)cc6c(-c7ccccc7)c(-c7ccccc7)oc6c45)cc3)cc2)cc1. The molecule has 0 N–H and O–H groups in total. The fourth-order valence-electron chi connectivity index (χ4n) is 21.6. The number of nitrogens with zero attached hydrogens (tertiary/aromatic N) is 2. The minimum absolute atomic E-state index is 0.291. The molecule has 0 fully saturated rings. The Bertz CT molecular complexity index is 8900. The number of hydrogen-bond donors (Lipinski definition) is 0. The van der Waals surface area contributed by atoms with E-state index in [-0.39, 0.29) is 0 Å². The molecular formula is C136H96N2O2S2. The lowest BCUT2D eigenvalue weighted by atomic mass is 9.86. The first-order chi connectivity index (χ1) is 70.2. The normalized spacial score (nSPS) is 11.6. The molecule has 0 aliphatic carbocycles. The molecule has 26 rings (SSSR count). The number of fused-ring (bicyclic) bond motifs is 13. The van der Waals surface area contributed by atoms with E-state index in [2.05, 4.69) is 535 Å². The molecule has 0 radical (unpaired) electrons. The number of furan rings is 2. The zero-order chi connectivity index (χ0) is 94.8. The lowest BCUT2D eigenvalue weighted by Crippen LogP contribution is -2.13. The van der Waals surface area contributed by atoms with Crippen molar-refractivity contribution in [3.05, 3.63) is 507 Å². The summed E-state index contributed by atoms with van der Waals surface area (Å²) < 4.78 is 17.6. The van der Waals surface area contributed by atoms with E-state index in [9.17, 15) is 0 Å². The topological polar surface area (TPSA) is 32.8 Å². The van der Waals surface area contributed by atoms with Crippen LogP contribution in [0.1, 0.15) is 49.3 Å². The predicted molar refractivity (Wildman–Crippen MR) is 608 cm³/mol. The first-order valence-corrected chi connectivity index (χ1v) is 50.7. The van der Waals surface area contributed by atoms with Crippen molar-refractivity contribution in [2.45, 2.75) is 39.5 Å². The zero-order valence-electron chi connectivity index (χ0n) is 79.0. The number of rotatable bonds is 19. The number of thiophene rings is 2. The summed E-state index contributed by atoms with van der Waals surface area (Å²) in [5, 5.41) is 16.4. The third-order valence-corrected chi connectivity index (χ3v) is 31.2. The first kappa shape index (κ1) is 86.3. The number of hydrogen-bond acceptors (Lipinski definition) is 6. The van der Waals surface area contributed by atoms with E-state index in [1.54, 1.807) is 0 Å². The third-order valence-electron chi connectivity index (χ3n) is 28.1. The summed E-state index contributed by atoms with van der Waals surface area (Å²) in [5.41, 5.74) is 31.2. The molecule has 0 bridgehead atoms. The smallest absolute Gasteiger partial charge is 0.144 e. The molecule has 0 saturated carbocycles. The van der Waals surface area contributed by atoms with Gasteiger partial charge in [-0.25, -0.2) is 0 Å². The second kappa shape index (κ2) is 36.9. The van der Waals surface area contributed by atoms with Gasteiger partial charge in [0, 0.05) is 118 Å². The number of anilines is 6. The van der Waals surface area contributed by atoms with E-state index in [1.165, 1.54) is 112 Å². The number of para-hydroxylation sites is 2. The second-order valence-corrected chi connectivity index (χ2v) is 39.5. The highest BCUT2D eigenvalue weighted by molar-refractivity contribution is 7.22. The van der Waals surface area contributed by atoms with E-state index in [4.69, 9.17) is 8.83 Å². The van der Waals surface area contributed by atoms with Gasteiger partial charge in [0.2, 0.25) is 0 Å². The van der Waals surface area contributed by atoms with E-state index in [1.807, 2.05) is 22.7 Å². The summed E-state index contributed by atoms with van der Waals surface area (Å²) in [7, 11) is 0. The van der Waals surface area contributed by atoms with Gasteiger partial charge in [-0.2, -0.15) is 0 Å². The molecular weight excluding hydrogens is 1760 g/mol. The van der Waals surface area contributed by atoms with Crippen LogP contribution in [0.5, 0.6) is 0 Å². The van der Waals surface area contributed by atoms with Gasteiger partial charge < -0.3 is 18.6 Å². The van der Waals surface area contributed by atoms with Crippen molar-refractivity contribution in [3.8, 4) is 123 Å². The average molecular weight is 1850 g/mol. The Morgan fingerprint density at radius 1 is 0.190 bits per heavy atom. The standard InChI is InChI=1S/C72H46O2.C64H50N2S2/c1-6-19-47(20-7-1)48-33-35-49(36-34-48)50-37-39-53(40-38-50)61-45-63-65(55-22-8-2-9-23-55)69(57-26-12-4-13-27-57)74-72(63)68-62(54-43-41-52(42-44-54)60-32-18-30-51-21-16-17-31-59(51)60)46-64-66(56-24-10-3-11-25-56)70(73-71(64)67(61)68)58-28-14-5-15-29-58;1-41(2)61-57(45-25-9-5-10-26-45)51-39-55(65(47-31-13-7-14-32-47)53-37-21-29-43-23-17-19-35-49(43)53)60-59(63(51)67-61)56(40-52-58(46-27-11-6-12-28-46)62(42(3)4)68-64(52)60)66(48-33-15-8-16-34-48)54-38-22-30-44-24-18-20-36-50(44)54/h1-46H;5-42H,1-4H3. The Kier molecular flexibility index (Phi) is 22.4. The Morgan fingerprint density at radius 3 is 0.810 bits per heavy atom. The first-order valence-electron chi connectivity index (χ1n) is 49.0. The van der Waals surface area contributed by atoms with E-state index in [0.717, 1.165) is 151 Å². The van der Waals surface area contributed by atoms with Crippen LogP contribution in [0.4, 0.5) is 34.1 Å². The van der Waals surface area contributed by atoms with E-state index < -0.39 is 0 Å². The molecule has 142 heavy (non-hydrogen) atoms. The van der Waals surface area contributed by atoms with Crippen LogP contribution >= 0.6 is 22.7 Å². The van der Waals surface area contributed by atoms with Crippen LogP contribution in [-0.2, 0) is 0 Å². The minimum Gasteiger partial charge on any atom is -0.455 e. The van der Waals surface area contributed by atoms with Crippen LogP contribution in [-0.4, -0.2) is 0 Å². The Morgan fingerprint density at radius 2 is 0.458 bits per heavy atom. The minimum atomic E-state index is 0.291. The van der Waals surface area contributed by atoms with Gasteiger partial charge >= 0.3 is 0 Å². The molecule has 26 aromatic rings. The monoisotopic (exact) mass is 1850 g/mol. The zero-order valence-corrected chi connectivity index (χ0v) is 80.7. The van der Waals surface area contributed by atoms with Gasteiger partial charge in [0.15, 0.2) is 0 Å². The molecule has 0 unspecified atom stereocenters. The van der Waals surface area contributed by atoms with E-state index in [0.29, 0.717) is 11.8 Å². The van der Waals surface area contributed by atoms with Gasteiger partial charge in [0.05, 0.1) is 22.7 Å². The molecule has 0 aliphatic rings. The third kappa shape index (κ3) is 15.4. The van der Waals surface area contributed by atoms with Crippen molar-refractivity contribution in [1.29, 1.82) is 0 Å². The van der Waals surface area contributed by atoms with Crippen LogP contribution in [0.15, 0.2) is 506 Å². The summed E-state index contributed by atoms with van der Waals surface area (Å²) in [6.07, 6.45) is 0. The molecule has 0 amide bonds. The van der Waals surface area contributed by atoms with Crippen molar-refractivity contribution < 1.29 is 8.83 Å². The summed E-state index contributed by atoms with van der Waals surface area (Å²) in [4.78, 5) is 7.91. The van der Waals surface area contributed by atoms with Crippen LogP contribution < -0.4 is 9.80 Å². The van der Waals surface area contributed by atoms with Crippen molar-refractivity contribution >= 4 is 153 Å². The van der Waals surface area contributed by atoms with Crippen molar-refractivity contribution in [2.75, 3.05) is 9.80 Å². The van der Waals surface area contributed by atoms with Crippen molar-refractivity contribution in [1.82, 2.24) is 0 Å². The van der Waals surface area contributed by atoms with Crippen molar-refractivity contribution in [3.63, 3.8) is 0 Å². The van der Waals surface area contributed by atoms with Gasteiger partial charge in [0.25, 0.3) is 0 Å². The predicted octanol–water partition coefficient (Wildman–Crippen LogP) is 40.6. The fraction of sp³-hybridized carbons (Fsp3) is 0.0441. The summed E-state index contributed by atoms with van der Waals surface area (Å²) in [6.45, 7) is 9.44. The summed E-state index contributed by atoms with van der Waals surface area (Å²) in [6, 6.07) is 181. The highest BCUT2D eigenvalue weighted by atomic mass is 32.1. The van der Waals surface area contributed by atoms with Gasteiger partial charge in [-0.15, -0.1) is 22.7 Å². The maximum Gasteiger partial charge on any atom is 0.144 e. The molecule has 0 atom stereocenters. The molecule has 6 heteroatoms. The van der Waals surface area contributed by atoms with Crippen molar-refractivity contribution in [2.24, 2.45) is 0 Å². The van der Waals surface area contributed by atoms with E-state index >= 15 is 0 Å². The molecule has 674 valence electrons. The van der Waals surface area contributed by atoms with Gasteiger partial charge in [-0.1, -0.05) is 464 Å². The lowest BCUT2D eigenvalue weighted by Gasteiger charge is -2.31. The highest BCUT2D eigenvalue weighted by Crippen LogP contribution is 2.61. The molecule has 22 aromatic carbocycles. The quantitative estimate of drug-likeness (QED) is 0.0808. The van der Waals surface area contributed by atoms with Gasteiger partial charge in [-0.3, -0.25) is 0 Å². The Balaban J connectivity index is 0.000000150. The fourth-order valence-corrected chi connectivity index (χ4v) is 24.3. The molecule has 4 nitrogen and oxygen atoms in total. The largest absolute Gasteiger partial charge is 0.455 e.